The quantitative estimate of drug-likeness (QED) is 0.707. The zero-order chi connectivity index (χ0) is 11.3. The molecule has 1 heterocycles. The van der Waals surface area contributed by atoms with Crippen LogP contribution in [0, 0.1) is 0 Å². The minimum absolute atomic E-state index is 0.196. The van der Waals surface area contributed by atoms with E-state index in [4.69, 9.17) is 10.5 Å². The molecule has 0 aliphatic carbocycles. The smallest absolute Gasteiger partial charge is 0.0640 e. The standard InChI is InChI=1S/C12H26N2O/c1-12(2,13)10-15-9-7-11-6-4-5-8-14(11)3/h11H,4-10,13H2,1-3H3. The molecule has 1 atom stereocenters. The van der Waals surface area contributed by atoms with E-state index >= 15 is 0 Å². The second-order valence-corrected chi connectivity index (χ2v) is 5.46. The highest BCUT2D eigenvalue weighted by molar-refractivity contribution is 4.74. The number of hydrogen-bond donors (Lipinski definition) is 1. The molecule has 1 aliphatic heterocycles. The number of rotatable bonds is 5. The van der Waals surface area contributed by atoms with Gasteiger partial charge in [0.1, 0.15) is 0 Å². The lowest BCUT2D eigenvalue weighted by Crippen LogP contribution is -2.39. The molecule has 0 aromatic carbocycles. The summed E-state index contributed by atoms with van der Waals surface area (Å²) in [6, 6.07) is 0.722. The lowest BCUT2D eigenvalue weighted by molar-refractivity contribution is 0.0693. The number of ether oxygens (including phenoxy) is 1. The van der Waals surface area contributed by atoms with Crippen LogP contribution >= 0.6 is 0 Å². The van der Waals surface area contributed by atoms with Crippen LogP contribution in [0.25, 0.3) is 0 Å². The van der Waals surface area contributed by atoms with Gasteiger partial charge < -0.3 is 15.4 Å². The summed E-state index contributed by atoms with van der Waals surface area (Å²) in [5.74, 6) is 0. The molecule has 15 heavy (non-hydrogen) atoms. The van der Waals surface area contributed by atoms with Crippen molar-refractivity contribution in [3.8, 4) is 0 Å². The number of nitrogens with zero attached hydrogens (tertiary/aromatic N) is 1. The van der Waals surface area contributed by atoms with Gasteiger partial charge in [0.05, 0.1) is 6.61 Å². The van der Waals surface area contributed by atoms with E-state index in [9.17, 15) is 0 Å². The molecular weight excluding hydrogens is 188 g/mol. The molecule has 0 aromatic heterocycles. The van der Waals surface area contributed by atoms with E-state index < -0.39 is 0 Å². The van der Waals surface area contributed by atoms with Crippen molar-refractivity contribution in [2.75, 3.05) is 26.8 Å². The maximum absolute atomic E-state index is 5.85. The van der Waals surface area contributed by atoms with Crippen molar-refractivity contribution in [3.63, 3.8) is 0 Å². The molecule has 1 saturated heterocycles. The Morgan fingerprint density at radius 1 is 1.40 bits per heavy atom. The molecule has 1 rings (SSSR count). The molecule has 0 aromatic rings. The third-order valence-electron chi connectivity index (χ3n) is 2.99. The zero-order valence-electron chi connectivity index (χ0n) is 10.5. The Hall–Kier alpha value is -0.120. The van der Waals surface area contributed by atoms with Gasteiger partial charge in [-0.15, -0.1) is 0 Å². The Morgan fingerprint density at radius 3 is 2.73 bits per heavy atom. The molecule has 3 nitrogen and oxygen atoms in total. The summed E-state index contributed by atoms with van der Waals surface area (Å²) in [4.78, 5) is 2.46. The van der Waals surface area contributed by atoms with Crippen LogP contribution in [0.1, 0.15) is 39.5 Å². The van der Waals surface area contributed by atoms with Crippen LogP contribution in [0.4, 0.5) is 0 Å². The first-order valence-electron chi connectivity index (χ1n) is 6.06. The summed E-state index contributed by atoms with van der Waals surface area (Å²) in [7, 11) is 2.22. The molecule has 0 radical (unpaired) electrons. The molecule has 0 amide bonds. The van der Waals surface area contributed by atoms with Gasteiger partial charge in [0, 0.05) is 18.2 Å². The number of hydrogen-bond acceptors (Lipinski definition) is 3. The average molecular weight is 214 g/mol. The minimum Gasteiger partial charge on any atom is -0.380 e. The lowest BCUT2D eigenvalue weighted by Gasteiger charge is -2.32. The summed E-state index contributed by atoms with van der Waals surface area (Å²) in [5, 5.41) is 0. The molecular formula is C12H26N2O. The third-order valence-corrected chi connectivity index (χ3v) is 2.99. The fourth-order valence-electron chi connectivity index (χ4n) is 2.06. The first-order chi connectivity index (χ1) is 6.99. The van der Waals surface area contributed by atoms with Crippen molar-refractivity contribution in [1.82, 2.24) is 4.90 Å². The predicted octanol–water partition coefficient (Wildman–Crippen LogP) is 1.61. The van der Waals surface area contributed by atoms with Crippen LogP contribution in [-0.2, 0) is 4.74 Å². The van der Waals surface area contributed by atoms with Crippen molar-refractivity contribution in [1.29, 1.82) is 0 Å². The van der Waals surface area contributed by atoms with E-state index in [1.807, 2.05) is 13.8 Å². The van der Waals surface area contributed by atoms with Gasteiger partial charge in [-0.3, -0.25) is 0 Å². The van der Waals surface area contributed by atoms with Gasteiger partial charge in [0.25, 0.3) is 0 Å². The van der Waals surface area contributed by atoms with Crippen molar-refractivity contribution < 1.29 is 4.74 Å². The summed E-state index contributed by atoms with van der Waals surface area (Å²) in [6.07, 6.45) is 5.19. The second kappa shape index (κ2) is 5.83. The summed E-state index contributed by atoms with van der Waals surface area (Å²) >= 11 is 0. The van der Waals surface area contributed by atoms with Crippen LogP contribution in [-0.4, -0.2) is 43.3 Å². The molecule has 0 bridgehead atoms. The maximum atomic E-state index is 5.85. The predicted molar refractivity (Wildman–Crippen MR) is 64.0 cm³/mol. The van der Waals surface area contributed by atoms with Crippen LogP contribution in [0.5, 0.6) is 0 Å². The maximum Gasteiger partial charge on any atom is 0.0640 e. The van der Waals surface area contributed by atoms with E-state index in [1.165, 1.54) is 25.8 Å². The molecule has 0 saturated carbocycles. The first kappa shape index (κ1) is 12.9. The van der Waals surface area contributed by atoms with Gasteiger partial charge in [0.2, 0.25) is 0 Å². The molecule has 2 N–H and O–H groups in total. The number of likely N-dealkylation sites (tertiary alicyclic amines) is 1. The van der Waals surface area contributed by atoms with Gasteiger partial charge in [-0.2, -0.15) is 0 Å². The molecule has 0 spiro atoms. The van der Waals surface area contributed by atoms with Crippen molar-refractivity contribution >= 4 is 0 Å². The van der Waals surface area contributed by atoms with Crippen LogP contribution < -0.4 is 5.73 Å². The topological polar surface area (TPSA) is 38.5 Å². The Labute approximate surface area is 94.0 Å². The molecule has 1 fully saturated rings. The fraction of sp³-hybridized carbons (Fsp3) is 1.00. The highest BCUT2D eigenvalue weighted by Crippen LogP contribution is 2.17. The van der Waals surface area contributed by atoms with E-state index in [0.717, 1.165) is 19.1 Å². The van der Waals surface area contributed by atoms with Gasteiger partial charge in [-0.1, -0.05) is 6.42 Å². The van der Waals surface area contributed by atoms with Gasteiger partial charge in [0.15, 0.2) is 0 Å². The highest BCUT2D eigenvalue weighted by atomic mass is 16.5. The summed E-state index contributed by atoms with van der Waals surface area (Å²) in [5.41, 5.74) is 5.65. The Morgan fingerprint density at radius 2 is 2.13 bits per heavy atom. The number of piperidine rings is 1. The van der Waals surface area contributed by atoms with Crippen molar-refractivity contribution in [3.05, 3.63) is 0 Å². The van der Waals surface area contributed by atoms with Crippen molar-refractivity contribution in [2.45, 2.75) is 51.1 Å². The molecule has 90 valence electrons. The normalized spacial score (nSPS) is 24.4. The monoisotopic (exact) mass is 214 g/mol. The third kappa shape index (κ3) is 5.50. The second-order valence-electron chi connectivity index (χ2n) is 5.46. The van der Waals surface area contributed by atoms with E-state index in [-0.39, 0.29) is 5.54 Å². The minimum atomic E-state index is -0.196. The first-order valence-corrected chi connectivity index (χ1v) is 6.06. The van der Waals surface area contributed by atoms with E-state index in [1.54, 1.807) is 0 Å². The molecule has 1 unspecified atom stereocenters. The van der Waals surface area contributed by atoms with Gasteiger partial charge in [-0.05, 0) is 46.7 Å². The zero-order valence-corrected chi connectivity index (χ0v) is 10.5. The Balaban J connectivity index is 2.08. The van der Waals surface area contributed by atoms with Crippen molar-refractivity contribution in [2.24, 2.45) is 5.73 Å². The summed E-state index contributed by atoms with van der Waals surface area (Å²) in [6.45, 7) is 6.74. The Bertz CT molecular complexity index is 177. The summed E-state index contributed by atoms with van der Waals surface area (Å²) < 4.78 is 5.60. The average Bonchev–Trinajstić information content (AvgIpc) is 2.13. The van der Waals surface area contributed by atoms with Crippen LogP contribution in [0.3, 0.4) is 0 Å². The van der Waals surface area contributed by atoms with E-state index in [0.29, 0.717) is 6.61 Å². The highest BCUT2D eigenvalue weighted by Gasteiger charge is 2.18. The van der Waals surface area contributed by atoms with Crippen LogP contribution in [0.15, 0.2) is 0 Å². The SMILES string of the molecule is CN1CCCCC1CCOCC(C)(C)N. The largest absolute Gasteiger partial charge is 0.380 e. The van der Waals surface area contributed by atoms with E-state index in [2.05, 4.69) is 11.9 Å². The van der Waals surface area contributed by atoms with Crippen LogP contribution in [0.2, 0.25) is 0 Å². The Kier molecular flexibility index (Phi) is 5.03. The van der Waals surface area contributed by atoms with Gasteiger partial charge in [-0.25, -0.2) is 0 Å². The van der Waals surface area contributed by atoms with Gasteiger partial charge >= 0.3 is 0 Å². The fourth-order valence-corrected chi connectivity index (χ4v) is 2.06. The molecule has 1 aliphatic rings. The number of nitrogens with two attached hydrogens (primary N) is 1. The lowest BCUT2D eigenvalue weighted by atomic mass is 10.0. The molecule has 3 heteroatoms.